The quantitative estimate of drug-likeness (QED) is 0.729. The maximum absolute atomic E-state index is 12.2. The Morgan fingerprint density at radius 2 is 1.58 bits per heavy atom. The number of aliphatic hydroxyl groups excluding tert-OH is 1. The Labute approximate surface area is 148 Å². The van der Waals surface area contributed by atoms with Gasteiger partial charge in [0.1, 0.15) is 5.75 Å². The van der Waals surface area contributed by atoms with Crippen molar-refractivity contribution in [2.75, 3.05) is 0 Å². The van der Waals surface area contributed by atoms with Crippen molar-refractivity contribution < 1.29 is 32.9 Å². The number of aliphatic hydroxyl groups is 1. The molecule has 0 fully saturated rings. The number of carboxylic acids is 1. The van der Waals surface area contributed by atoms with Gasteiger partial charge < -0.3 is 14.9 Å². The molecule has 0 unspecified atom stereocenters. The van der Waals surface area contributed by atoms with Gasteiger partial charge in [0.2, 0.25) is 0 Å². The van der Waals surface area contributed by atoms with Crippen LogP contribution in [0.15, 0.2) is 48.5 Å². The molecule has 7 heteroatoms. The SMILES string of the molecule is CCC[C@H](c1ccc(C(=O)O)cc1)[C@@H](O)c1ccc(OC(F)(F)F)cc1. The highest BCUT2D eigenvalue weighted by Gasteiger charge is 2.31. The number of alkyl halides is 3. The first-order chi connectivity index (χ1) is 12.2. The normalized spacial score (nSPS) is 13.9. The van der Waals surface area contributed by atoms with E-state index in [0.717, 1.165) is 24.1 Å². The molecule has 26 heavy (non-hydrogen) atoms. The molecular formula is C19H19F3O4. The Kier molecular flexibility index (Phi) is 6.26. The van der Waals surface area contributed by atoms with E-state index < -0.39 is 18.4 Å². The van der Waals surface area contributed by atoms with Crippen LogP contribution in [0.5, 0.6) is 5.75 Å². The Balaban J connectivity index is 2.22. The second kappa shape index (κ2) is 8.23. The molecule has 0 aliphatic carbocycles. The second-order valence-corrected chi connectivity index (χ2v) is 5.88. The van der Waals surface area contributed by atoms with Gasteiger partial charge >= 0.3 is 12.3 Å². The zero-order chi connectivity index (χ0) is 19.3. The molecule has 0 aromatic heterocycles. The third-order valence-corrected chi connectivity index (χ3v) is 4.02. The Hall–Kier alpha value is -2.54. The molecule has 0 aliphatic heterocycles. The van der Waals surface area contributed by atoms with E-state index in [2.05, 4.69) is 4.74 Å². The Bertz CT molecular complexity index is 724. The van der Waals surface area contributed by atoms with Gasteiger partial charge in [-0.15, -0.1) is 13.2 Å². The molecule has 0 aliphatic rings. The molecule has 2 atom stereocenters. The van der Waals surface area contributed by atoms with E-state index in [1.54, 1.807) is 12.1 Å². The molecule has 2 aromatic rings. The Morgan fingerprint density at radius 3 is 2.04 bits per heavy atom. The van der Waals surface area contributed by atoms with Gasteiger partial charge in [-0.05, 0) is 41.8 Å². The minimum Gasteiger partial charge on any atom is -0.478 e. The summed E-state index contributed by atoms with van der Waals surface area (Å²) in [5.41, 5.74) is 1.37. The average molecular weight is 368 g/mol. The fraction of sp³-hybridized carbons (Fsp3) is 0.316. The number of carbonyl (C=O) groups is 1. The number of benzene rings is 2. The number of aromatic carboxylic acids is 1. The minimum atomic E-state index is -4.77. The molecule has 0 spiro atoms. The molecule has 2 aromatic carbocycles. The number of ether oxygens (including phenoxy) is 1. The molecule has 4 nitrogen and oxygen atoms in total. The third-order valence-electron chi connectivity index (χ3n) is 4.02. The number of rotatable bonds is 7. The summed E-state index contributed by atoms with van der Waals surface area (Å²) in [4.78, 5) is 11.0. The van der Waals surface area contributed by atoms with Crippen LogP contribution in [-0.4, -0.2) is 22.5 Å². The van der Waals surface area contributed by atoms with E-state index in [-0.39, 0.29) is 17.2 Å². The van der Waals surface area contributed by atoms with Gasteiger partial charge in [0.05, 0.1) is 11.7 Å². The van der Waals surface area contributed by atoms with Crippen LogP contribution in [0.4, 0.5) is 13.2 Å². The summed E-state index contributed by atoms with van der Waals surface area (Å²) in [7, 11) is 0. The lowest BCUT2D eigenvalue weighted by Gasteiger charge is -2.24. The van der Waals surface area contributed by atoms with Crippen molar-refractivity contribution in [2.45, 2.75) is 38.1 Å². The largest absolute Gasteiger partial charge is 0.573 e. The van der Waals surface area contributed by atoms with Crippen molar-refractivity contribution >= 4 is 5.97 Å². The average Bonchev–Trinajstić information content (AvgIpc) is 2.58. The van der Waals surface area contributed by atoms with E-state index in [0.29, 0.717) is 12.0 Å². The van der Waals surface area contributed by atoms with E-state index in [9.17, 15) is 23.1 Å². The van der Waals surface area contributed by atoms with Crippen LogP contribution in [0, 0.1) is 0 Å². The van der Waals surface area contributed by atoms with Crippen LogP contribution in [0.3, 0.4) is 0 Å². The first-order valence-corrected chi connectivity index (χ1v) is 8.08. The lowest BCUT2D eigenvalue weighted by molar-refractivity contribution is -0.274. The lowest BCUT2D eigenvalue weighted by Crippen LogP contribution is -2.17. The third kappa shape index (κ3) is 5.23. The summed E-state index contributed by atoms with van der Waals surface area (Å²) in [5.74, 6) is -1.70. The second-order valence-electron chi connectivity index (χ2n) is 5.88. The highest BCUT2D eigenvalue weighted by molar-refractivity contribution is 5.87. The van der Waals surface area contributed by atoms with Crippen molar-refractivity contribution in [3.8, 4) is 5.75 Å². The molecule has 0 amide bonds. The van der Waals surface area contributed by atoms with Gasteiger partial charge in [-0.3, -0.25) is 0 Å². The van der Waals surface area contributed by atoms with E-state index in [1.165, 1.54) is 24.3 Å². The van der Waals surface area contributed by atoms with Gasteiger partial charge in [0.15, 0.2) is 0 Å². The van der Waals surface area contributed by atoms with Crippen molar-refractivity contribution in [3.05, 3.63) is 65.2 Å². The molecule has 2 N–H and O–H groups in total. The summed E-state index contributed by atoms with van der Waals surface area (Å²) in [6, 6.07) is 11.3. The summed E-state index contributed by atoms with van der Waals surface area (Å²) < 4.78 is 40.5. The molecular weight excluding hydrogens is 349 g/mol. The maximum Gasteiger partial charge on any atom is 0.573 e. The highest BCUT2D eigenvalue weighted by Crippen LogP contribution is 2.35. The standard InChI is InChI=1S/C19H19F3O4/c1-2-3-16(12-4-6-14(7-5-12)18(24)25)17(23)13-8-10-15(11-9-13)26-19(20,21)22/h4-11,16-17,23H,2-3H2,1H3,(H,24,25)/t16-,17+/m1/s1. The molecule has 0 heterocycles. The number of halogens is 3. The number of hydrogen-bond donors (Lipinski definition) is 2. The highest BCUT2D eigenvalue weighted by atomic mass is 19.4. The van der Waals surface area contributed by atoms with Crippen molar-refractivity contribution in [3.63, 3.8) is 0 Å². The van der Waals surface area contributed by atoms with Crippen LogP contribution >= 0.6 is 0 Å². The van der Waals surface area contributed by atoms with Crippen LogP contribution in [0.2, 0.25) is 0 Å². The predicted octanol–water partition coefficient (Wildman–Crippen LogP) is 4.90. The van der Waals surface area contributed by atoms with Gasteiger partial charge in [0.25, 0.3) is 0 Å². The summed E-state index contributed by atoms with van der Waals surface area (Å²) in [5, 5.41) is 19.7. The summed E-state index contributed by atoms with van der Waals surface area (Å²) in [6.07, 6.45) is -4.30. The molecule has 2 rings (SSSR count). The molecule has 0 saturated carbocycles. The van der Waals surface area contributed by atoms with Gasteiger partial charge in [-0.25, -0.2) is 4.79 Å². The van der Waals surface area contributed by atoms with E-state index in [4.69, 9.17) is 5.11 Å². The fourth-order valence-electron chi connectivity index (χ4n) is 2.79. The van der Waals surface area contributed by atoms with E-state index >= 15 is 0 Å². The smallest absolute Gasteiger partial charge is 0.478 e. The molecule has 140 valence electrons. The zero-order valence-electron chi connectivity index (χ0n) is 14.0. The molecule has 0 saturated heterocycles. The Morgan fingerprint density at radius 1 is 1.04 bits per heavy atom. The van der Waals surface area contributed by atoms with Crippen LogP contribution in [0.1, 0.15) is 53.3 Å². The minimum absolute atomic E-state index is 0.146. The monoisotopic (exact) mass is 368 g/mol. The number of hydrogen-bond acceptors (Lipinski definition) is 3. The summed E-state index contributed by atoms with van der Waals surface area (Å²) in [6.45, 7) is 1.95. The summed E-state index contributed by atoms with van der Waals surface area (Å²) >= 11 is 0. The first kappa shape index (κ1) is 19.8. The predicted molar refractivity (Wildman–Crippen MR) is 89.1 cm³/mol. The maximum atomic E-state index is 12.2. The van der Waals surface area contributed by atoms with Gasteiger partial charge in [0, 0.05) is 5.92 Å². The van der Waals surface area contributed by atoms with Crippen molar-refractivity contribution in [1.29, 1.82) is 0 Å². The molecule has 0 radical (unpaired) electrons. The topological polar surface area (TPSA) is 66.8 Å². The van der Waals surface area contributed by atoms with Crippen molar-refractivity contribution in [1.82, 2.24) is 0 Å². The van der Waals surface area contributed by atoms with Crippen LogP contribution in [0.25, 0.3) is 0 Å². The van der Waals surface area contributed by atoms with Gasteiger partial charge in [-0.2, -0.15) is 0 Å². The van der Waals surface area contributed by atoms with Gasteiger partial charge in [-0.1, -0.05) is 37.6 Å². The fourth-order valence-corrected chi connectivity index (χ4v) is 2.79. The lowest BCUT2D eigenvalue weighted by atomic mass is 9.85. The van der Waals surface area contributed by atoms with E-state index in [1.807, 2.05) is 6.92 Å². The van der Waals surface area contributed by atoms with Crippen molar-refractivity contribution in [2.24, 2.45) is 0 Å². The van der Waals surface area contributed by atoms with Crippen LogP contribution < -0.4 is 4.74 Å². The first-order valence-electron chi connectivity index (χ1n) is 8.08. The number of carboxylic acid groups (broad SMARTS) is 1. The molecule has 0 bridgehead atoms. The zero-order valence-corrected chi connectivity index (χ0v) is 14.0. The van der Waals surface area contributed by atoms with Crippen LogP contribution in [-0.2, 0) is 0 Å².